The molecule has 2 rings (SSSR count). The van der Waals surface area contributed by atoms with Crippen LogP contribution in [0.1, 0.15) is 63.9 Å². The fourth-order valence-electron chi connectivity index (χ4n) is 3.55. The van der Waals surface area contributed by atoms with Crippen molar-refractivity contribution in [3.8, 4) is 0 Å². The molecule has 0 amide bonds. The van der Waals surface area contributed by atoms with Crippen molar-refractivity contribution in [2.45, 2.75) is 63.1 Å². The average molecular weight is 323 g/mol. The first-order valence-corrected chi connectivity index (χ1v) is 8.85. The number of hydrogen-bond acceptors (Lipinski definition) is 0. The quantitative estimate of drug-likeness (QED) is 0.569. The minimum Gasteiger partial charge on any atom is -0.0888 e. The van der Waals surface area contributed by atoms with Crippen LogP contribution < -0.4 is 0 Å². The Labute approximate surface area is 127 Å². The fourth-order valence-corrected chi connectivity index (χ4v) is 4.25. The lowest BCUT2D eigenvalue weighted by Gasteiger charge is -2.35. The van der Waals surface area contributed by atoms with E-state index in [4.69, 9.17) is 0 Å². The van der Waals surface area contributed by atoms with E-state index in [0.717, 1.165) is 22.6 Å². The minimum atomic E-state index is 0.744. The molecular weight excluding hydrogens is 296 g/mol. The molecule has 3 atom stereocenters. The van der Waals surface area contributed by atoms with Crippen LogP contribution in [0.3, 0.4) is 0 Å². The molecule has 0 nitrogen and oxygen atoms in total. The van der Waals surface area contributed by atoms with Crippen molar-refractivity contribution in [2.75, 3.05) is 0 Å². The van der Waals surface area contributed by atoms with Gasteiger partial charge in [-0.2, -0.15) is 0 Å². The van der Waals surface area contributed by atoms with Gasteiger partial charge in [0.05, 0.1) is 0 Å². The summed E-state index contributed by atoms with van der Waals surface area (Å²) >= 11 is 3.94. The summed E-state index contributed by atoms with van der Waals surface area (Å²) in [6.45, 7) is 4.68. The molecule has 0 N–H and O–H groups in total. The van der Waals surface area contributed by atoms with Crippen LogP contribution in [-0.2, 0) is 0 Å². The SMILES string of the molecule is CCC(CC)CC1CC(c2ccccc2)CCC1Br. The second-order valence-electron chi connectivity index (χ2n) is 6.11. The standard InChI is InChI=1S/C18H27Br/c1-3-14(4-2)12-17-13-16(10-11-18(17)19)15-8-6-5-7-9-15/h5-9,14,16-18H,3-4,10-13H2,1-2H3. The molecule has 0 bridgehead atoms. The molecule has 0 aromatic heterocycles. The molecule has 3 unspecified atom stereocenters. The van der Waals surface area contributed by atoms with Crippen molar-refractivity contribution in [3.63, 3.8) is 0 Å². The van der Waals surface area contributed by atoms with E-state index in [1.54, 1.807) is 5.56 Å². The van der Waals surface area contributed by atoms with E-state index < -0.39 is 0 Å². The Morgan fingerprint density at radius 2 is 1.79 bits per heavy atom. The summed E-state index contributed by atoms with van der Waals surface area (Å²) < 4.78 is 0. The monoisotopic (exact) mass is 322 g/mol. The van der Waals surface area contributed by atoms with Crippen LogP contribution in [0, 0.1) is 11.8 Å². The number of hydrogen-bond donors (Lipinski definition) is 0. The topological polar surface area (TPSA) is 0 Å². The molecule has 106 valence electrons. The van der Waals surface area contributed by atoms with Crippen molar-refractivity contribution in [3.05, 3.63) is 35.9 Å². The summed E-state index contributed by atoms with van der Waals surface area (Å²) in [6, 6.07) is 11.1. The van der Waals surface area contributed by atoms with E-state index >= 15 is 0 Å². The molecule has 1 aromatic carbocycles. The van der Waals surface area contributed by atoms with Crippen LogP contribution in [-0.4, -0.2) is 4.83 Å². The third-order valence-corrected chi connectivity index (χ3v) is 6.16. The lowest BCUT2D eigenvalue weighted by atomic mass is 9.74. The van der Waals surface area contributed by atoms with Crippen LogP contribution in [0.4, 0.5) is 0 Å². The first-order valence-electron chi connectivity index (χ1n) is 7.93. The highest BCUT2D eigenvalue weighted by Gasteiger charge is 2.30. The molecule has 1 aromatic rings. The van der Waals surface area contributed by atoms with Gasteiger partial charge < -0.3 is 0 Å². The summed E-state index contributed by atoms with van der Waals surface area (Å²) in [5.74, 6) is 2.57. The van der Waals surface area contributed by atoms with Gasteiger partial charge in [0.1, 0.15) is 0 Å². The third kappa shape index (κ3) is 4.08. The molecular formula is C18H27Br. The molecule has 0 heterocycles. The smallest absolute Gasteiger partial charge is 0.0174 e. The van der Waals surface area contributed by atoms with Crippen molar-refractivity contribution in [1.82, 2.24) is 0 Å². The number of alkyl halides is 1. The van der Waals surface area contributed by atoms with Gasteiger partial charge in [-0.05, 0) is 49.0 Å². The first kappa shape index (κ1) is 15.1. The van der Waals surface area contributed by atoms with E-state index in [1.807, 2.05) is 0 Å². The van der Waals surface area contributed by atoms with Crippen LogP contribution >= 0.6 is 15.9 Å². The van der Waals surface area contributed by atoms with E-state index in [1.165, 1.54) is 38.5 Å². The van der Waals surface area contributed by atoms with E-state index in [9.17, 15) is 0 Å². The Hall–Kier alpha value is -0.300. The summed E-state index contributed by atoms with van der Waals surface area (Å²) in [7, 11) is 0. The van der Waals surface area contributed by atoms with E-state index in [-0.39, 0.29) is 0 Å². The lowest BCUT2D eigenvalue weighted by molar-refractivity contribution is 0.269. The van der Waals surface area contributed by atoms with Gasteiger partial charge in [-0.25, -0.2) is 0 Å². The normalized spacial score (nSPS) is 27.7. The van der Waals surface area contributed by atoms with Crippen LogP contribution in [0.5, 0.6) is 0 Å². The second kappa shape index (κ2) is 7.47. The summed E-state index contributed by atoms with van der Waals surface area (Å²) in [5, 5.41) is 0. The van der Waals surface area contributed by atoms with Crippen LogP contribution in [0.25, 0.3) is 0 Å². The zero-order valence-electron chi connectivity index (χ0n) is 12.3. The van der Waals surface area contributed by atoms with Gasteiger partial charge >= 0.3 is 0 Å². The molecule has 0 saturated heterocycles. The maximum absolute atomic E-state index is 3.94. The van der Waals surface area contributed by atoms with E-state index in [2.05, 4.69) is 60.1 Å². The highest BCUT2D eigenvalue weighted by molar-refractivity contribution is 9.09. The Morgan fingerprint density at radius 1 is 1.11 bits per heavy atom. The lowest BCUT2D eigenvalue weighted by Crippen LogP contribution is -2.26. The van der Waals surface area contributed by atoms with E-state index in [0.29, 0.717) is 0 Å². The molecule has 0 aliphatic heterocycles. The van der Waals surface area contributed by atoms with Crippen LogP contribution in [0.15, 0.2) is 30.3 Å². The maximum atomic E-state index is 3.94. The number of halogens is 1. The molecule has 19 heavy (non-hydrogen) atoms. The molecule has 1 heteroatoms. The zero-order valence-corrected chi connectivity index (χ0v) is 13.9. The van der Waals surface area contributed by atoms with Gasteiger partial charge in [0, 0.05) is 4.83 Å². The Kier molecular flexibility index (Phi) is 5.94. The number of rotatable bonds is 5. The first-order chi connectivity index (χ1) is 9.24. The van der Waals surface area contributed by atoms with Gasteiger partial charge in [-0.15, -0.1) is 0 Å². The predicted molar refractivity (Wildman–Crippen MR) is 87.9 cm³/mol. The molecule has 1 aliphatic rings. The summed E-state index contributed by atoms with van der Waals surface area (Å²) in [6.07, 6.45) is 8.14. The summed E-state index contributed by atoms with van der Waals surface area (Å²) in [4.78, 5) is 0.744. The maximum Gasteiger partial charge on any atom is 0.0174 e. The van der Waals surface area contributed by atoms with Gasteiger partial charge in [0.25, 0.3) is 0 Å². The number of benzene rings is 1. The Balaban J connectivity index is 2.00. The van der Waals surface area contributed by atoms with Gasteiger partial charge in [-0.3, -0.25) is 0 Å². The fraction of sp³-hybridized carbons (Fsp3) is 0.667. The van der Waals surface area contributed by atoms with Gasteiger partial charge in [0.2, 0.25) is 0 Å². The molecule has 1 aliphatic carbocycles. The predicted octanol–water partition coefficient (Wildman–Crippen LogP) is 6.16. The molecule has 0 radical (unpaired) electrons. The Bertz CT molecular complexity index is 355. The average Bonchev–Trinajstić information content (AvgIpc) is 2.47. The minimum absolute atomic E-state index is 0.744. The van der Waals surface area contributed by atoms with Crippen molar-refractivity contribution in [1.29, 1.82) is 0 Å². The zero-order chi connectivity index (χ0) is 13.7. The summed E-state index contributed by atoms with van der Waals surface area (Å²) in [5.41, 5.74) is 1.55. The van der Waals surface area contributed by atoms with Crippen molar-refractivity contribution < 1.29 is 0 Å². The van der Waals surface area contributed by atoms with Gasteiger partial charge in [0.15, 0.2) is 0 Å². The van der Waals surface area contributed by atoms with Crippen molar-refractivity contribution >= 4 is 15.9 Å². The highest BCUT2D eigenvalue weighted by atomic mass is 79.9. The molecule has 0 spiro atoms. The van der Waals surface area contributed by atoms with Crippen LogP contribution in [0.2, 0.25) is 0 Å². The largest absolute Gasteiger partial charge is 0.0888 e. The third-order valence-electron chi connectivity index (χ3n) is 4.95. The second-order valence-corrected chi connectivity index (χ2v) is 7.29. The highest BCUT2D eigenvalue weighted by Crippen LogP contribution is 2.42. The molecule has 1 fully saturated rings. The molecule has 1 saturated carbocycles. The van der Waals surface area contributed by atoms with Gasteiger partial charge in [-0.1, -0.05) is 73.0 Å². The van der Waals surface area contributed by atoms with Crippen molar-refractivity contribution in [2.24, 2.45) is 11.8 Å². The Morgan fingerprint density at radius 3 is 2.42 bits per heavy atom.